The highest BCUT2D eigenvalue weighted by molar-refractivity contribution is 7.99. The van der Waals surface area contributed by atoms with Crippen molar-refractivity contribution in [1.29, 1.82) is 0 Å². The Kier molecular flexibility index (Phi) is 4.42. The molecule has 1 saturated heterocycles. The summed E-state index contributed by atoms with van der Waals surface area (Å²) in [6.45, 7) is 0.582. The van der Waals surface area contributed by atoms with E-state index in [-0.39, 0.29) is 17.2 Å². The molecule has 1 aliphatic heterocycles. The van der Waals surface area contributed by atoms with Crippen LogP contribution in [0.1, 0.15) is 5.56 Å². The SMILES string of the molecule is O=C(Cc1cccc(Cl)c1F)C1CSCCO1. The third-order valence-electron chi connectivity index (χ3n) is 2.57. The van der Waals surface area contributed by atoms with Gasteiger partial charge in [0.1, 0.15) is 11.9 Å². The summed E-state index contributed by atoms with van der Waals surface area (Å²) in [5, 5.41) is 0.0502. The van der Waals surface area contributed by atoms with Gasteiger partial charge in [0, 0.05) is 17.9 Å². The monoisotopic (exact) mass is 274 g/mol. The van der Waals surface area contributed by atoms with E-state index in [2.05, 4.69) is 0 Å². The zero-order valence-corrected chi connectivity index (χ0v) is 10.7. The third kappa shape index (κ3) is 3.21. The van der Waals surface area contributed by atoms with Gasteiger partial charge in [-0.15, -0.1) is 0 Å². The van der Waals surface area contributed by atoms with Crippen molar-refractivity contribution in [3.63, 3.8) is 0 Å². The molecule has 1 atom stereocenters. The summed E-state index contributed by atoms with van der Waals surface area (Å²) >= 11 is 7.35. The van der Waals surface area contributed by atoms with Crippen molar-refractivity contribution < 1.29 is 13.9 Å². The number of rotatable bonds is 3. The molecule has 1 aliphatic rings. The Hall–Kier alpha value is -0.580. The first-order chi connectivity index (χ1) is 8.18. The van der Waals surface area contributed by atoms with Gasteiger partial charge in [-0.3, -0.25) is 4.79 Å². The lowest BCUT2D eigenvalue weighted by Crippen LogP contribution is -2.32. The minimum atomic E-state index is -0.508. The minimum Gasteiger partial charge on any atom is -0.369 e. The zero-order chi connectivity index (χ0) is 12.3. The number of hydrogen-bond acceptors (Lipinski definition) is 3. The number of hydrogen-bond donors (Lipinski definition) is 0. The average Bonchev–Trinajstić information content (AvgIpc) is 2.36. The average molecular weight is 275 g/mol. The van der Waals surface area contributed by atoms with Crippen LogP contribution >= 0.6 is 23.4 Å². The highest BCUT2D eigenvalue weighted by Gasteiger charge is 2.23. The predicted molar refractivity (Wildman–Crippen MR) is 67.2 cm³/mol. The van der Waals surface area contributed by atoms with Crippen LogP contribution in [0.2, 0.25) is 5.02 Å². The lowest BCUT2D eigenvalue weighted by molar-refractivity contribution is -0.128. The number of Topliss-reactive ketones (excluding diaryl/α,β-unsaturated/α-hetero) is 1. The molecule has 2 nitrogen and oxygen atoms in total. The van der Waals surface area contributed by atoms with Crippen LogP contribution in [-0.4, -0.2) is 30.0 Å². The van der Waals surface area contributed by atoms with Crippen molar-refractivity contribution in [3.05, 3.63) is 34.6 Å². The van der Waals surface area contributed by atoms with Gasteiger partial charge >= 0.3 is 0 Å². The van der Waals surface area contributed by atoms with Crippen LogP contribution in [0.3, 0.4) is 0 Å². The first-order valence-electron chi connectivity index (χ1n) is 5.33. The van der Waals surface area contributed by atoms with Crippen LogP contribution in [-0.2, 0) is 16.0 Å². The van der Waals surface area contributed by atoms with E-state index < -0.39 is 11.9 Å². The summed E-state index contributed by atoms with van der Waals surface area (Å²) in [6.07, 6.45) is -0.371. The molecule has 0 spiro atoms. The standard InChI is InChI=1S/C12H12ClFO2S/c13-9-3-1-2-8(12(9)14)6-10(15)11-7-17-5-4-16-11/h1-3,11H,4-7H2. The molecule has 1 aromatic carbocycles. The van der Waals surface area contributed by atoms with Gasteiger partial charge in [0.05, 0.1) is 11.6 Å². The summed E-state index contributed by atoms with van der Waals surface area (Å²) in [6, 6.07) is 4.69. The van der Waals surface area contributed by atoms with Crippen molar-refractivity contribution in [2.45, 2.75) is 12.5 Å². The summed E-state index contributed by atoms with van der Waals surface area (Å²) in [7, 11) is 0. The fraction of sp³-hybridized carbons (Fsp3) is 0.417. The molecule has 1 unspecified atom stereocenters. The molecule has 1 fully saturated rings. The number of carbonyl (C=O) groups is 1. The second-order valence-corrected chi connectivity index (χ2v) is 5.35. The second kappa shape index (κ2) is 5.85. The second-order valence-electron chi connectivity index (χ2n) is 3.79. The Morgan fingerprint density at radius 1 is 1.59 bits per heavy atom. The molecular formula is C12H12ClFO2S. The number of ether oxygens (including phenoxy) is 1. The number of ketones is 1. The molecule has 0 amide bonds. The molecule has 2 rings (SSSR count). The van der Waals surface area contributed by atoms with Crippen LogP contribution in [0.5, 0.6) is 0 Å². The maximum atomic E-state index is 13.6. The summed E-state index contributed by atoms with van der Waals surface area (Å²) in [5.41, 5.74) is 0.335. The fourth-order valence-electron chi connectivity index (χ4n) is 1.66. The van der Waals surface area contributed by atoms with E-state index in [1.807, 2.05) is 0 Å². The van der Waals surface area contributed by atoms with E-state index in [4.69, 9.17) is 16.3 Å². The number of benzene rings is 1. The molecule has 0 saturated carbocycles. The first-order valence-corrected chi connectivity index (χ1v) is 6.86. The van der Waals surface area contributed by atoms with Crippen molar-refractivity contribution in [2.24, 2.45) is 0 Å². The van der Waals surface area contributed by atoms with E-state index in [1.165, 1.54) is 6.07 Å². The van der Waals surface area contributed by atoms with Crippen LogP contribution in [0.15, 0.2) is 18.2 Å². The van der Waals surface area contributed by atoms with E-state index in [1.54, 1.807) is 23.9 Å². The van der Waals surface area contributed by atoms with Gasteiger partial charge < -0.3 is 4.74 Å². The molecule has 0 aromatic heterocycles. The Bertz CT molecular complexity index is 419. The number of thioether (sulfide) groups is 1. The van der Waals surface area contributed by atoms with Gasteiger partial charge in [0.2, 0.25) is 0 Å². The molecule has 0 N–H and O–H groups in total. The maximum Gasteiger partial charge on any atom is 0.166 e. The van der Waals surface area contributed by atoms with Crippen LogP contribution in [0, 0.1) is 5.82 Å². The number of halogens is 2. The summed E-state index contributed by atoms with van der Waals surface area (Å²) < 4.78 is 19.0. The summed E-state index contributed by atoms with van der Waals surface area (Å²) in [4.78, 5) is 11.9. The zero-order valence-electron chi connectivity index (χ0n) is 9.12. The van der Waals surface area contributed by atoms with Gasteiger partial charge in [-0.2, -0.15) is 11.8 Å². The first kappa shape index (κ1) is 12.9. The van der Waals surface area contributed by atoms with Gasteiger partial charge in [-0.1, -0.05) is 23.7 Å². The minimum absolute atomic E-state index is 0.0393. The van der Waals surface area contributed by atoms with Crippen LogP contribution in [0.25, 0.3) is 0 Å². The third-order valence-corrected chi connectivity index (χ3v) is 3.86. The highest BCUT2D eigenvalue weighted by atomic mass is 35.5. The van der Waals surface area contributed by atoms with Gasteiger partial charge in [-0.25, -0.2) is 4.39 Å². The Morgan fingerprint density at radius 3 is 3.12 bits per heavy atom. The lowest BCUT2D eigenvalue weighted by atomic mass is 10.1. The van der Waals surface area contributed by atoms with Crippen molar-refractivity contribution in [2.75, 3.05) is 18.1 Å². The topological polar surface area (TPSA) is 26.3 Å². The molecule has 5 heteroatoms. The van der Waals surface area contributed by atoms with E-state index in [0.29, 0.717) is 17.9 Å². The molecule has 92 valence electrons. The maximum absolute atomic E-state index is 13.6. The highest BCUT2D eigenvalue weighted by Crippen LogP contribution is 2.20. The normalized spacial score (nSPS) is 20.2. The van der Waals surface area contributed by atoms with Gasteiger partial charge in [0.25, 0.3) is 0 Å². The molecule has 0 radical (unpaired) electrons. The van der Waals surface area contributed by atoms with Crippen LogP contribution in [0.4, 0.5) is 4.39 Å². The molecular weight excluding hydrogens is 263 g/mol. The van der Waals surface area contributed by atoms with E-state index in [0.717, 1.165) is 5.75 Å². The molecule has 17 heavy (non-hydrogen) atoms. The Balaban J connectivity index is 2.04. The van der Waals surface area contributed by atoms with Crippen molar-refractivity contribution in [3.8, 4) is 0 Å². The lowest BCUT2D eigenvalue weighted by Gasteiger charge is -2.21. The molecule has 0 aliphatic carbocycles. The van der Waals surface area contributed by atoms with Crippen molar-refractivity contribution in [1.82, 2.24) is 0 Å². The Morgan fingerprint density at radius 2 is 2.41 bits per heavy atom. The molecule has 1 heterocycles. The largest absolute Gasteiger partial charge is 0.369 e. The van der Waals surface area contributed by atoms with E-state index >= 15 is 0 Å². The molecule has 0 bridgehead atoms. The molecule has 1 aromatic rings. The van der Waals surface area contributed by atoms with Crippen LogP contribution < -0.4 is 0 Å². The summed E-state index contributed by atoms with van der Waals surface area (Å²) in [5.74, 6) is 0.973. The van der Waals surface area contributed by atoms with E-state index in [9.17, 15) is 9.18 Å². The predicted octanol–water partition coefficient (Wildman–Crippen LogP) is 2.72. The van der Waals surface area contributed by atoms with Gasteiger partial charge in [-0.05, 0) is 11.6 Å². The smallest absolute Gasteiger partial charge is 0.166 e. The number of carbonyl (C=O) groups excluding carboxylic acids is 1. The van der Waals surface area contributed by atoms with Crippen molar-refractivity contribution >= 4 is 29.1 Å². The Labute approximate surface area is 108 Å². The quantitative estimate of drug-likeness (QED) is 0.848. The van der Waals surface area contributed by atoms with Gasteiger partial charge in [0.15, 0.2) is 5.78 Å². The fourth-order valence-corrected chi connectivity index (χ4v) is 2.73.